The highest BCUT2D eigenvalue weighted by atomic mass is 16.6. The molecule has 0 unspecified atom stereocenters. The number of non-ortho nitro benzene ring substituents is 1. The molecule has 0 aliphatic rings. The van der Waals surface area contributed by atoms with Crippen LogP contribution in [0.5, 0.6) is 11.5 Å². The lowest BCUT2D eigenvalue weighted by molar-refractivity contribution is -0.384. The first-order chi connectivity index (χ1) is 10.1. The van der Waals surface area contributed by atoms with Gasteiger partial charge >= 0.3 is 0 Å². The summed E-state index contributed by atoms with van der Waals surface area (Å²) in [7, 11) is 0. The average molecular weight is 288 g/mol. The van der Waals surface area contributed by atoms with Gasteiger partial charge in [-0.05, 0) is 24.6 Å². The van der Waals surface area contributed by atoms with E-state index in [1.807, 2.05) is 6.92 Å². The number of nitrogens with one attached hydrogen (secondary N) is 1. The van der Waals surface area contributed by atoms with Crippen LogP contribution in [0.25, 0.3) is 0 Å². The van der Waals surface area contributed by atoms with E-state index in [1.165, 1.54) is 12.1 Å². The summed E-state index contributed by atoms with van der Waals surface area (Å²) in [4.78, 5) is 10.5. The molecule has 0 amide bonds. The first-order valence-corrected chi connectivity index (χ1v) is 6.53. The second-order valence-corrected chi connectivity index (χ2v) is 4.41. The number of hydrogen-bond donors (Lipinski definition) is 2. The van der Waals surface area contributed by atoms with Crippen molar-refractivity contribution in [1.82, 2.24) is 0 Å². The molecule has 0 radical (unpaired) electrons. The van der Waals surface area contributed by atoms with Crippen molar-refractivity contribution >= 4 is 11.4 Å². The Morgan fingerprint density at radius 2 is 2.05 bits per heavy atom. The molecule has 6 nitrogen and oxygen atoms in total. The molecule has 0 atom stereocenters. The Kier molecular flexibility index (Phi) is 4.73. The van der Waals surface area contributed by atoms with E-state index in [4.69, 9.17) is 9.84 Å². The summed E-state index contributed by atoms with van der Waals surface area (Å²) >= 11 is 0. The third-order valence-electron chi connectivity index (χ3n) is 2.80. The Morgan fingerprint density at radius 3 is 2.71 bits per heavy atom. The number of rotatable bonds is 6. The van der Waals surface area contributed by atoms with Crippen molar-refractivity contribution in [3.8, 4) is 11.5 Å². The molecule has 2 rings (SSSR count). The van der Waals surface area contributed by atoms with Crippen molar-refractivity contribution in [2.75, 3.05) is 11.9 Å². The number of benzene rings is 2. The van der Waals surface area contributed by atoms with Crippen LogP contribution in [0, 0.1) is 10.1 Å². The first kappa shape index (κ1) is 14.8. The monoisotopic (exact) mass is 288 g/mol. The van der Waals surface area contributed by atoms with Crippen molar-refractivity contribution in [3.05, 3.63) is 58.1 Å². The first-order valence-electron chi connectivity index (χ1n) is 6.53. The van der Waals surface area contributed by atoms with Crippen LogP contribution in [0.4, 0.5) is 11.4 Å². The van der Waals surface area contributed by atoms with E-state index in [2.05, 4.69) is 5.32 Å². The van der Waals surface area contributed by atoms with Crippen LogP contribution in [0.15, 0.2) is 42.5 Å². The van der Waals surface area contributed by atoms with Crippen LogP contribution in [0.2, 0.25) is 0 Å². The highest BCUT2D eigenvalue weighted by Crippen LogP contribution is 2.30. The number of nitrogens with zero attached hydrogens (tertiary/aromatic N) is 1. The minimum atomic E-state index is -0.460. The summed E-state index contributed by atoms with van der Waals surface area (Å²) < 4.78 is 5.64. The third-order valence-corrected chi connectivity index (χ3v) is 2.80. The van der Waals surface area contributed by atoms with E-state index < -0.39 is 4.92 Å². The fraction of sp³-hybridized carbons (Fsp3) is 0.200. The van der Waals surface area contributed by atoms with Crippen LogP contribution >= 0.6 is 0 Å². The predicted octanol–water partition coefficient (Wildman–Crippen LogP) is 3.31. The molecule has 0 fully saturated rings. The molecule has 0 aliphatic carbocycles. The number of aliphatic hydroxyl groups is 1. The number of hydrogen-bond acceptors (Lipinski definition) is 5. The van der Waals surface area contributed by atoms with Gasteiger partial charge in [0.25, 0.3) is 5.69 Å². The van der Waals surface area contributed by atoms with E-state index >= 15 is 0 Å². The zero-order chi connectivity index (χ0) is 15.2. The van der Waals surface area contributed by atoms with Crippen LogP contribution in [-0.4, -0.2) is 16.6 Å². The van der Waals surface area contributed by atoms with Gasteiger partial charge < -0.3 is 15.2 Å². The molecule has 0 saturated carbocycles. The Balaban J connectivity index is 2.31. The van der Waals surface area contributed by atoms with Gasteiger partial charge in [0, 0.05) is 24.4 Å². The Labute approximate surface area is 122 Å². The smallest absolute Gasteiger partial charge is 0.275 e. The molecule has 21 heavy (non-hydrogen) atoms. The minimum Gasteiger partial charge on any atom is -0.457 e. The molecule has 0 saturated heterocycles. The number of nitro benzene ring substituents is 1. The second kappa shape index (κ2) is 6.71. The Morgan fingerprint density at radius 1 is 1.24 bits per heavy atom. The van der Waals surface area contributed by atoms with Gasteiger partial charge in [0.05, 0.1) is 17.6 Å². The quantitative estimate of drug-likeness (QED) is 0.629. The molecule has 2 N–H and O–H groups in total. The molecule has 0 spiro atoms. The molecule has 2 aromatic rings. The van der Waals surface area contributed by atoms with Crippen LogP contribution < -0.4 is 10.1 Å². The maximum Gasteiger partial charge on any atom is 0.275 e. The van der Waals surface area contributed by atoms with E-state index in [0.29, 0.717) is 29.3 Å². The topological polar surface area (TPSA) is 84.6 Å². The van der Waals surface area contributed by atoms with E-state index in [9.17, 15) is 10.1 Å². The molecule has 110 valence electrons. The van der Waals surface area contributed by atoms with E-state index in [0.717, 1.165) is 0 Å². The lowest BCUT2D eigenvalue weighted by Gasteiger charge is -2.09. The van der Waals surface area contributed by atoms with Gasteiger partial charge in [0.15, 0.2) is 0 Å². The van der Waals surface area contributed by atoms with Gasteiger partial charge in [-0.25, -0.2) is 0 Å². The third kappa shape index (κ3) is 3.93. The zero-order valence-electron chi connectivity index (χ0n) is 11.6. The number of anilines is 1. The lowest BCUT2D eigenvalue weighted by Crippen LogP contribution is -1.98. The van der Waals surface area contributed by atoms with Crippen molar-refractivity contribution in [1.29, 1.82) is 0 Å². The van der Waals surface area contributed by atoms with Gasteiger partial charge in [-0.2, -0.15) is 0 Å². The van der Waals surface area contributed by atoms with E-state index in [1.54, 1.807) is 30.3 Å². The Hall–Kier alpha value is -2.60. The average Bonchev–Trinajstić information content (AvgIpc) is 2.47. The summed E-state index contributed by atoms with van der Waals surface area (Å²) in [5.74, 6) is 0.889. The summed E-state index contributed by atoms with van der Waals surface area (Å²) in [6, 6.07) is 11.5. The lowest BCUT2D eigenvalue weighted by atomic mass is 10.2. The van der Waals surface area contributed by atoms with Crippen LogP contribution in [0.3, 0.4) is 0 Å². The van der Waals surface area contributed by atoms with Crippen molar-refractivity contribution < 1.29 is 14.8 Å². The number of ether oxygens (including phenoxy) is 1. The van der Waals surface area contributed by atoms with Gasteiger partial charge in [-0.1, -0.05) is 12.1 Å². The second-order valence-electron chi connectivity index (χ2n) is 4.41. The molecule has 0 aromatic heterocycles. The van der Waals surface area contributed by atoms with Crippen molar-refractivity contribution in [3.63, 3.8) is 0 Å². The highest BCUT2D eigenvalue weighted by molar-refractivity contribution is 5.57. The fourth-order valence-electron chi connectivity index (χ4n) is 1.90. The van der Waals surface area contributed by atoms with Gasteiger partial charge in [0.1, 0.15) is 11.5 Å². The Bertz CT molecular complexity index is 643. The highest BCUT2D eigenvalue weighted by Gasteiger charge is 2.11. The van der Waals surface area contributed by atoms with Crippen LogP contribution in [-0.2, 0) is 6.61 Å². The number of nitro groups is 1. The predicted molar refractivity (Wildman–Crippen MR) is 79.7 cm³/mol. The largest absolute Gasteiger partial charge is 0.457 e. The molecule has 6 heteroatoms. The molecule has 0 bridgehead atoms. The van der Waals surface area contributed by atoms with Crippen molar-refractivity contribution in [2.45, 2.75) is 13.5 Å². The van der Waals surface area contributed by atoms with Crippen molar-refractivity contribution in [2.24, 2.45) is 0 Å². The van der Waals surface area contributed by atoms with Gasteiger partial charge in [-0.15, -0.1) is 0 Å². The number of aliphatic hydroxyl groups excluding tert-OH is 1. The van der Waals surface area contributed by atoms with Gasteiger partial charge in [-0.3, -0.25) is 10.1 Å². The van der Waals surface area contributed by atoms with E-state index in [-0.39, 0.29) is 12.3 Å². The minimum absolute atomic E-state index is 0.0400. The SMILES string of the molecule is CCNc1cc(Oc2cccc(CO)c2)cc([N+](=O)[O-])c1. The van der Waals surface area contributed by atoms with Gasteiger partial charge in [0.2, 0.25) is 0 Å². The standard InChI is InChI=1S/C15H16N2O4/c1-2-16-12-7-13(17(19)20)9-15(8-12)21-14-5-3-4-11(6-14)10-18/h3-9,16,18H,2,10H2,1H3. The molecule has 0 heterocycles. The fourth-order valence-corrected chi connectivity index (χ4v) is 1.90. The normalized spacial score (nSPS) is 10.2. The molecule has 0 aliphatic heterocycles. The summed E-state index contributed by atoms with van der Waals surface area (Å²) in [6.07, 6.45) is 0. The molecular formula is C15H16N2O4. The molecule has 2 aromatic carbocycles. The summed E-state index contributed by atoms with van der Waals surface area (Å²) in [6.45, 7) is 2.47. The zero-order valence-corrected chi connectivity index (χ0v) is 11.6. The van der Waals surface area contributed by atoms with Crippen LogP contribution in [0.1, 0.15) is 12.5 Å². The molecular weight excluding hydrogens is 272 g/mol. The summed E-state index contributed by atoms with van der Waals surface area (Å²) in [5.41, 5.74) is 1.30. The maximum atomic E-state index is 11.0. The summed E-state index contributed by atoms with van der Waals surface area (Å²) in [5, 5.41) is 23.1. The maximum absolute atomic E-state index is 11.0.